The minimum Gasteiger partial charge on any atom is -0.354 e. The van der Waals surface area contributed by atoms with E-state index in [4.69, 9.17) is 0 Å². The third kappa shape index (κ3) is 4.19. The van der Waals surface area contributed by atoms with Gasteiger partial charge in [-0.05, 0) is 56.3 Å². The topological polar surface area (TPSA) is 71.8 Å². The highest BCUT2D eigenvalue weighted by molar-refractivity contribution is 6.06. The van der Waals surface area contributed by atoms with Crippen molar-refractivity contribution >= 4 is 33.9 Å². The predicted molar refractivity (Wildman–Crippen MR) is 132 cm³/mol. The van der Waals surface area contributed by atoms with E-state index in [1.54, 1.807) is 10.9 Å². The molecule has 0 saturated carbocycles. The van der Waals surface area contributed by atoms with Crippen LogP contribution in [0.15, 0.2) is 91.1 Å². The lowest BCUT2D eigenvalue weighted by atomic mass is 10.2. The Morgan fingerprint density at radius 3 is 2.36 bits per heavy atom. The zero-order valence-corrected chi connectivity index (χ0v) is 18.4. The Bertz CT molecular complexity index is 1450. The van der Waals surface area contributed by atoms with Crippen LogP contribution in [-0.2, 0) is 0 Å². The van der Waals surface area contributed by atoms with Gasteiger partial charge in [0, 0.05) is 11.1 Å². The first kappa shape index (κ1) is 20.5. The van der Waals surface area contributed by atoms with Crippen LogP contribution in [0.4, 0.5) is 17.1 Å². The third-order valence-corrected chi connectivity index (χ3v) is 5.56. The van der Waals surface area contributed by atoms with E-state index >= 15 is 0 Å². The Hall–Kier alpha value is -4.45. The van der Waals surface area contributed by atoms with Gasteiger partial charge in [-0.1, -0.05) is 48.0 Å². The van der Waals surface area contributed by atoms with E-state index < -0.39 is 0 Å². The highest BCUT2D eigenvalue weighted by Gasteiger charge is 2.17. The number of aryl methyl sites for hydroxylation is 1. The summed E-state index contributed by atoms with van der Waals surface area (Å²) in [7, 11) is 0. The average molecular weight is 434 g/mol. The van der Waals surface area contributed by atoms with Gasteiger partial charge in [-0.15, -0.1) is 0 Å². The van der Waals surface area contributed by atoms with Gasteiger partial charge in [0.2, 0.25) is 0 Å². The largest absolute Gasteiger partial charge is 0.354 e. The summed E-state index contributed by atoms with van der Waals surface area (Å²) in [6.07, 6.45) is 1.58. The van der Waals surface area contributed by atoms with Gasteiger partial charge in [0.25, 0.3) is 5.91 Å². The molecule has 0 aliphatic rings. The molecule has 0 spiro atoms. The zero-order valence-electron chi connectivity index (χ0n) is 18.4. The summed E-state index contributed by atoms with van der Waals surface area (Å²) in [6.45, 7) is 3.92. The van der Waals surface area contributed by atoms with Crippen molar-refractivity contribution in [2.24, 2.45) is 0 Å². The molecule has 5 aromatic rings. The quantitative estimate of drug-likeness (QED) is 0.355. The minimum absolute atomic E-state index is 0.224. The smallest absolute Gasteiger partial charge is 0.259 e. The van der Waals surface area contributed by atoms with Crippen LogP contribution in [0.2, 0.25) is 0 Å². The summed E-state index contributed by atoms with van der Waals surface area (Å²) < 4.78 is 1.69. The molecule has 162 valence electrons. The number of rotatable bonds is 5. The maximum atomic E-state index is 13.1. The van der Waals surface area contributed by atoms with Gasteiger partial charge in [-0.3, -0.25) is 4.79 Å². The molecular formula is C27H23N5O. The standard InChI is InChI=1S/C27H23N5O/c1-18-11-14-21(15-12-18)29-24-9-5-6-10-25(24)31-27(33)22-17-28-32(19(22)2)26-16-13-20-7-3-4-8-23(20)30-26/h3-17,29H,1-2H3,(H,31,33). The molecule has 3 aromatic carbocycles. The number of para-hydroxylation sites is 3. The molecule has 2 heterocycles. The number of pyridine rings is 1. The molecule has 6 nitrogen and oxygen atoms in total. The van der Waals surface area contributed by atoms with E-state index in [0.717, 1.165) is 28.0 Å². The van der Waals surface area contributed by atoms with Gasteiger partial charge < -0.3 is 10.6 Å². The van der Waals surface area contributed by atoms with E-state index in [-0.39, 0.29) is 5.91 Å². The van der Waals surface area contributed by atoms with E-state index in [1.807, 2.05) is 98.8 Å². The Morgan fingerprint density at radius 2 is 1.55 bits per heavy atom. The third-order valence-electron chi connectivity index (χ3n) is 5.56. The lowest BCUT2D eigenvalue weighted by Crippen LogP contribution is -2.14. The Balaban J connectivity index is 1.40. The Morgan fingerprint density at radius 1 is 0.818 bits per heavy atom. The molecule has 0 aliphatic heterocycles. The molecule has 0 aliphatic carbocycles. The van der Waals surface area contributed by atoms with Crippen molar-refractivity contribution in [2.45, 2.75) is 13.8 Å². The van der Waals surface area contributed by atoms with Gasteiger partial charge >= 0.3 is 0 Å². The molecular weight excluding hydrogens is 410 g/mol. The molecule has 33 heavy (non-hydrogen) atoms. The van der Waals surface area contributed by atoms with E-state index in [0.29, 0.717) is 17.1 Å². The summed E-state index contributed by atoms with van der Waals surface area (Å²) in [4.78, 5) is 17.8. The van der Waals surface area contributed by atoms with Gasteiger partial charge in [0.15, 0.2) is 5.82 Å². The molecule has 0 fully saturated rings. The molecule has 0 bridgehead atoms. The second kappa shape index (κ2) is 8.59. The Labute approximate surface area is 191 Å². The highest BCUT2D eigenvalue weighted by atomic mass is 16.1. The highest BCUT2D eigenvalue weighted by Crippen LogP contribution is 2.26. The van der Waals surface area contributed by atoms with Crippen molar-refractivity contribution in [2.75, 3.05) is 10.6 Å². The zero-order chi connectivity index (χ0) is 22.8. The first-order valence-corrected chi connectivity index (χ1v) is 10.7. The number of aromatic nitrogens is 3. The fourth-order valence-corrected chi connectivity index (χ4v) is 3.72. The van der Waals surface area contributed by atoms with Crippen LogP contribution in [0.25, 0.3) is 16.7 Å². The number of hydrogen-bond donors (Lipinski definition) is 2. The summed E-state index contributed by atoms with van der Waals surface area (Å²) in [5.41, 5.74) is 5.75. The number of fused-ring (bicyclic) bond motifs is 1. The lowest BCUT2D eigenvalue weighted by molar-refractivity contribution is 0.102. The number of nitrogens with zero attached hydrogens (tertiary/aromatic N) is 3. The normalized spacial score (nSPS) is 10.8. The Kier molecular flexibility index (Phi) is 5.32. The maximum Gasteiger partial charge on any atom is 0.259 e. The molecule has 2 aromatic heterocycles. The predicted octanol–water partition coefficient (Wildman–Crippen LogP) is 6.03. The first-order chi connectivity index (χ1) is 16.1. The van der Waals surface area contributed by atoms with Gasteiger partial charge in [-0.25, -0.2) is 9.67 Å². The summed E-state index contributed by atoms with van der Waals surface area (Å²) >= 11 is 0. The number of carbonyl (C=O) groups excluding carboxylic acids is 1. The summed E-state index contributed by atoms with van der Waals surface area (Å²) in [6, 6.07) is 27.6. The molecule has 5 rings (SSSR count). The molecule has 6 heteroatoms. The van der Waals surface area contributed by atoms with Crippen molar-refractivity contribution < 1.29 is 4.79 Å². The van der Waals surface area contributed by atoms with Crippen molar-refractivity contribution in [1.29, 1.82) is 0 Å². The van der Waals surface area contributed by atoms with E-state index in [9.17, 15) is 4.79 Å². The summed E-state index contributed by atoms with van der Waals surface area (Å²) in [5, 5.41) is 11.9. The van der Waals surface area contributed by atoms with Crippen LogP contribution in [0.3, 0.4) is 0 Å². The van der Waals surface area contributed by atoms with Crippen LogP contribution in [0, 0.1) is 13.8 Å². The number of benzene rings is 3. The number of nitrogens with one attached hydrogen (secondary N) is 2. The van der Waals surface area contributed by atoms with Gasteiger partial charge in [0.1, 0.15) is 0 Å². The fraction of sp³-hybridized carbons (Fsp3) is 0.0741. The number of anilines is 3. The van der Waals surface area contributed by atoms with Crippen LogP contribution < -0.4 is 10.6 Å². The van der Waals surface area contributed by atoms with Gasteiger partial charge in [0.05, 0.1) is 34.3 Å². The molecule has 0 unspecified atom stereocenters. The van der Waals surface area contributed by atoms with E-state index in [2.05, 4.69) is 20.7 Å². The number of hydrogen-bond acceptors (Lipinski definition) is 4. The molecule has 2 N–H and O–H groups in total. The molecule has 0 atom stereocenters. The van der Waals surface area contributed by atoms with Crippen LogP contribution in [-0.4, -0.2) is 20.7 Å². The van der Waals surface area contributed by atoms with Crippen molar-refractivity contribution in [3.8, 4) is 5.82 Å². The SMILES string of the molecule is Cc1ccc(Nc2ccccc2NC(=O)c2cnn(-c3ccc4ccccc4n3)c2C)cc1. The fourth-order valence-electron chi connectivity index (χ4n) is 3.72. The maximum absolute atomic E-state index is 13.1. The molecule has 1 amide bonds. The lowest BCUT2D eigenvalue weighted by Gasteiger charge is -2.13. The van der Waals surface area contributed by atoms with Gasteiger partial charge in [-0.2, -0.15) is 5.10 Å². The summed E-state index contributed by atoms with van der Waals surface area (Å²) in [5.74, 6) is 0.449. The van der Waals surface area contributed by atoms with Crippen molar-refractivity contribution in [3.63, 3.8) is 0 Å². The molecule has 0 saturated heterocycles. The van der Waals surface area contributed by atoms with Crippen LogP contribution in [0.5, 0.6) is 0 Å². The second-order valence-electron chi connectivity index (χ2n) is 7.91. The van der Waals surface area contributed by atoms with Crippen LogP contribution >= 0.6 is 0 Å². The average Bonchev–Trinajstić information content (AvgIpc) is 3.23. The van der Waals surface area contributed by atoms with Crippen molar-refractivity contribution in [1.82, 2.24) is 14.8 Å². The number of amides is 1. The van der Waals surface area contributed by atoms with E-state index in [1.165, 1.54) is 5.56 Å². The van der Waals surface area contributed by atoms with Crippen molar-refractivity contribution in [3.05, 3.63) is 108 Å². The monoisotopic (exact) mass is 433 g/mol. The van der Waals surface area contributed by atoms with Crippen LogP contribution in [0.1, 0.15) is 21.6 Å². The number of carbonyl (C=O) groups is 1. The second-order valence-corrected chi connectivity index (χ2v) is 7.91. The minimum atomic E-state index is -0.224. The first-order valence-electron chi connectivity index (χ1n) is 10.7. The molecule has 0 radical (unpaired) electrons.